The van der Waals surface area contributed by atoms with E-state index in [1.807, 2.05) is 30.3 Å². The quantitative estimate of drug-likeness (QED) is 0.849. The Labute approximate surface area is 130 Å². The Morgan fingerprint density at radius 2 is 1.91 bits per heavy atom. The molecule has 0 amide bonds. The summed E-state index contributed by atoms with van der Waals surface area (Å²) in [7, 11) is 1.66. The van der Waals surface area contributed by atoms with E-state index < -0.39 is 0 Å². The number of anilines is 1. The third kappa shape index (κ3) is 3.47. The average Bonchev–Trinajstić information content (AvgIpc) is 2.61. The van der Waals surface area contributed by atoms with Gasteiger partial charge >= 0.3 is 0 Å². The van der Waals surface area contributed by atoms with Gasteiger partial charge in [0.1, 0.15) is 0 Å². The van der Waals surface area contributed by atoms with E-state index in [0.29, 0.717) is 12.5 Å². The van der Waals surface area contributed by atoms with Crippen LogP contribution in [0.1, 0.15) is 12.8 Å². The Hall–Kier alpha value is -2.30. The molecular weight excluding hydrogens is 278 g/mol. The lowest BCUT2D eigenvalue weighted by atomic mass is 9.99. The maximum Gasteiger partial charge on any atom is 0.225 e. The molecule has 5 nitrogen and oxygen atoms in total. The number of para-hydroxylation sites is 2. The molecule has 0 aliphatic carbocycles. The summed E-state index contributed by atoms with van der Waals surface area (Å²) < 4.78 is 11.3. The van der Waals surface area contributed by atoms with Crippen molar-refractivity contribution in [1.29, 1.82) is 0 Å². The van der Waals surface area contributed by atoms with Crippen molar-refractivity contribution in [3.8, 4) is 11.5 Å². The molecule has 0 N–H and O–H groups in total. The predicted octanol–water partition coefficient (Wildman–Crippen LogP) is 2.78. The molecular formula is C17H21N3O2. The zero-order valence-corrected chi connectivity index (χ0v) is 12.8. The first-order valence-electron chi connectivity index (χ1n) is 7.64. The van der Waals surface area contributed by atoms with Gasteiger partial charge in [-0.3, -0.25) is 0 Å². The summed E-state index contributed by atoms with van der Waals surface area (Å²) in [6, 6.07) is 9.61. The molecule has 1 saturated heterocycles. The molecule has 22 heavy (non-hydrogen) atoms. The first-order chi connectivity index (χ1) is 10.9. The Bertz CT molecular complexity index is 591. The highest BCUT2D eigenvalue weighted by Gasteiger charge is 2.22. The molecule has 1 unspecified atom stereocenters. The smallest absolute Gasteiger partial charge is 0.225 e. The van der Waals surface area contributed by atoms with Gasteiger partial charge in [-0.05, 0) is 31.0 Å². The van der Waals surface area contributed by atoms with Crippen molar-refractivity contribution in [2.75, 3.05) is 31.7 Å². The van der Waals surface area contributed by atoms with Crippen molar-refractivity contribution >= 4 is 5.95 Å². The summed E-state index contributed by atoms with van der Waals surface area (Å²) in [5, 5.41) is 0. The summed E-state index contributed by atoms with van der Waals surface area (Å²) in [5.41, 5.74) is 0. The Kier molecular flexibility index (Phi) is 4.73. The van der Waals surface area contributed by atoms with Gasteiger partial charge in [0.15, 0.2) is 11.5 Å². The number of nitrogens with zero attached hydrogens (tertiary/aromatic N) is 3. The predicted molar refractivity (Wildman–Crippen MR) is 85.5 cm³/mol. The van der Waals surface area contributed by atoms with Gasteiger partial charge in [-0.1, -0.05) is 12.1 Å². The van der Waals surface area contributed by atoms with Crippen molar-refractivity contribution in [3.63, 3.8) is 0 Å². The van der Waals surface area contributed by atoms with Crippen LogP contribution in [0.5, 0.6) is 11.5 Å². The Balaban J connectivity index is 1.59. The van der Waals surface area contributed by atoms with E-state index in [1.54, 1.807) is 19.5 Å². The molecule has 0 spiro atoms. The second-order valence-electron chi connectivity index (χ2n) is 5.46. The minimum Gasteiger partial charge on any atom is -0.493 e. The van der Waals surface area contributed by atoms with E-state index in [2.05, 4.69) is 14.9 Å². The van der Waals surface area contributed by atoms with Crippen LogP contribution in [0.25, 0.3) is 0 Å². The number of benzene rings is 1. The number of hydrogen-bond donors (Lipinski definition) is 0. The molecule has 5 heteroatoms. The van der Waals surface area contributed by atoms with Crippen LogP contribution < -0.4 is 14.4 Å². The van der Waals surface area contributed by atoms with Crippen LogP contribution in [0, 0.1) is 5.92 Å². The summed E-state index contributed by atoms with van der Waals surface area (Å²) in [6.07, 6.45) is 5.88. The third-order valence-corrected chi connectivity index (χ3v) is 3.90. The molecule has 3 rings (SSSR count). The molecule has 0 radical (unpaired) electrons. The summed E-state index contributed by atoms with van der Waals surface area (Å²) in [4.78, 5) is 10.9. The first-order valence-corrected chi connectivity index (χ1v) is 7.64. The van der Waals surface area contributed by atoms with Gasteiger partial charge in [0.2, 0.25) is 5.95 Å². The maximum absolute atomic E-state index is 5.96. The SMILES string of the molecule is COc1ccccc1OCC1CCCN(c2ncccn2)C1. The number of aromatic nitrogens is 2. The normalized spacial score (nSPS) is 18.0. The van der Waals surface area contributed by atoms with E-state index in [4.69, 9.17) is 9.47 Å². The van der Waals surface area contributed by atoms with Crippen LogP contribution in [0.15, 0.2) is 42.7 Å². The molecule has 1 atom stereocenters. The standard InChI is InChI=1S/C17H21N3O2/c1-21-15-7-2-3-8-16(15)22-13-14-6-4-11-20(12-14)17-18-9-5-10-19-17/h2-3,5,7-10,14H,4,6,11-13H2,1H3. The van der Waals surface area contributed by atoms with Crippen molar-refractivity contribution in [3.05, 3.63) is 42.7 Å². The number of ether oxygens (including phenoxy) is 2. The molecule has 1 aliphatic rings. The summed E-state index contributed by atoms with van der Waals surface area (Å²) in [5.74, 6) is 2.87. The lowest BCUT2D eigenvalue weighted by molar-refractivity contribution is 0.220. The third-order valence-electron chi connectivity index (χ3n) is 3.90. The summed E-state index contributed by atoms with van der Waals surface area (Å²) >= 11 is 0. The largest absolute Gasteiger partial charge is 0.493 e. The fourth-order valence-electron chi connectivity index (χ4n) is 2.78. The van der Waals surface area contributed by atoms with Crippen molar-refractivity contribution in [2.24, 2.45) is 5.92 Å². The van der Waals surface area contributed by atoms with E-state index in [9.17, 15) is 0 Å². The lowest BCUT2D eigenvalue weighted by Crippen LogP contribution is -2.38. The highest BCUT2D eigenvalue weighted by atomic mass is 16.5. The second-order valence-corrected chi connectivity index (χ2v) is 5.46. The number of methoxy groups -OCH3 is 1. The van der Waals surface area contributed by atoms with Crippen LogP contribution in [0.4, 0.5) is 5.95 Å². The van der Waals surface area contributed by atoms with E-state index in [-0.39, 0.29) is 0 Å². The van der Waals surface area contributed by atoms with Crippen molar-refractivity contribution in [2.45, 2.75) is 12.8 Å². The second kappa shape index (κ2) is 7.11. The van der Waals surface area contributed by atoms with Crippen molar-refractivity contribution < 1.29 is 9.47 Å². The highest BCUT2D eigenvalue weighted by Crippen LogP contribution is 2.27. The molecule has 1 aromatic heterocycles. The fraction of sp³-hybridized carbons (Fsp3) is 0.412. The van der Waals surface area contributed by atoms with Gasteiger partial charge in [0.25, 0.3) is 0 Å². The number of hydrogen-bond acceptors (Lipinski definition) is 5. The van der Waals surface area contributed by atoms with E-state index in [1.165, 1.54) is 6.42 Å². The van der Waals surface area contributed by atoms with Crippen LogP contribution >= 0.6 is 0 Å². The highest BCUT2D eigenvalue weighted by molar-refractivity contribution is 5.39. The fourth-order valence-corrected chi connectivity index (χ4v) is 2.78. The minimum atomic E-state index is 0.475. The van der Waals surface area contributed by atoms with Gasteiger partial charge < -0.3 is 14.4 Å². The topological polar surface area (TPSA) is 47.5 Å². The maximum atomic E-state index is 5.96. The zero-order chi connectivity index (χ0) is 15.2. The molecule has 1 fully saturated rings. The van der Waals surface area contributed by atoms with Gasteiger partial charge in [-0.2, -0.15) is 0 Å². The Morgan fingerprint density at radius 1 is 1.14 bits per heavy atom. The summed E-state index contributed by atoms with van der Waals surface area (Å²) in [6.45, 7) is 2.62. The molecule has 2 heterocycles. The van der Waals surface area contributed by atoms with Crippen LogP contribution in [0.2, 0.25) is 0 Å². The average molecular weight is 299 g/mol. The van der Waals surface area contributed by atoms with E-state index in [0.717, 1.165) is 37.0 Å². The number of rotatable bonds is 5. The van der Waals surface area contributed by atoms with Gasteiger partial charge in [0.05, 0.1) is 13.7 Å². The van der Waals surface area contributed by atoms with Gasteiger partial charge in [-0.15, -0.1) is 0 Å². The van der Waals surface area contributed by atoms with Crippen LogP contribution in [-0.4, -0.2) is 36.8 Å². The Morgan fingerprint density at radius 3 is 2.68 bits per heavy atom. The molecule has 1 aliphatic heterocycles. The van der Waals surface area contributed by atoms with E-state index >= 15 is 0 Å². The molecule has 0 bridgehead atoms. The first kappa shape index (κ1) is 14.6. The monoisotopic (exact) mass is 299 g/mol. The zero-order valence-electron chi connectivity index (χ0n) is 12.8. The van der Waals surface area contributed by atoms with Gasteiger partial charge in [-0.25, -0.2) is 9.97 Å². The lowest BCUT2D eigenvalue weighted by Gasteiger charge is -2.32. The molecule has 0 saturated carbocycles. The van der Waals surface area contributed by atoms with Crippen LogP contribution in [-0.2, 0) is 0 Å². The molecule has 116 valence electrons. The minimum absolute atomic E-state index is 0.475. The van der Waals surface area contributed by atoms with Crippen LogP contribution in [0.3, 0.4) is 0 Å². The molecule has 2 aromatic rings. The van der Waals surface area contributed by atoms with Crippen molar-refractivity contribution in [1.82, 2.24) is 9.97 Å². The molecule has 1 aromatic carbocycles. The number of piperidine rings is 1. The van der Waals surface area contributed by atoms with Gasteiger partial charge in [0, 0.05) is 31.4 Å².